The Labute approximate surface area is 76.9 Å². The first-order valence-corrected chi connectivity index (χ1v) is 5.06. The van der Waals surface area contributed by atoms with Crippen molar-refractivity contribution in [1.29, 1.82) is 0 Å². The maximum Gasteiger partial charge on any atom is 0.00975 e. The van der Waals surface area contributed by atoms with Crippen molar-refractivity contribution in [3.8, 4) is 0 Å². The number of nitrogens with two attached hydrogens (primary N) is 1. The highest BCUT2D eigenvalue weighted by atomic mass is 14.8. The van der Waals surface area contributed by atoms with Gasteiger partial charge in [-0.3, -0.25) is 0 Å². The molecule has 0 aliphatic heterocycles. The van der Waals surface area contributed by atoms with Crippen LogP contribution in [-0.4, -0.2) is 18.6 Å². The lowest BCUT2D eigenvalue weighted by Gasteiger charge is -2.17. The molecule has 0 saturated carbocycles. The largest absolute Gasteiger partial charge is 0.326 e. The van der Waals surface area contributed by atoms with Crippen molar-refractivity contribution in [3.63, 3.8) is 0 Å². The molecule has 0 atom stereocenters. The molecule has 12 heavy (non-hydrogen) atoms. The summed E-state index contributed by atoms with van der Waals surface area (Å²) < 4.78 is 0. The van der Waals surface area contributed by atoms with Gasteiger partial charge in [-0.2, -0.15) is 0 Å². The highest BCUT2D eigenvalue weighted by Gasteiger charge is 2.08. The molecule has 0 aromatic rings. The second-order valence-corrected chi connectivity index (χ2v) is 4.20. The molecule has 0 spiro atoms. The van der Waals surface area contributed by atoms with Crippen LogP contribution in [0.3, 0.4) is 0 Å². The SMILES string of the molecule is CCCCNCCCC(C)(C)N. The van der Waals surface area contributed by atoms with Crippen LogP contribution in [0.2, 0.25) is 0 Å². The monoisotopic (exact) mass is 172 g/mol. The summed E-state index contributed by atoms with van der Waals surface area (Å²) >= 11 is 0. The lowest BCUT2D eigenvalue weighted by atomic mass is 10.0. The van der Waals surface area contributed by atoms with Crippen LogP contribution in [0, 0.1) is 0 Å². The molecule has 0 rings (SSSR count). The fraction of sp³-hybridized carbons (Fsp3) is 1.00. The van der Waals surface area contributed by atoms with E-state index in [-0.39, 0.29) is 5.54 Å². The molecule has 0 aromatic carbocycles. The van der Waals surface area contributed by atoms with E-state index in [0.717, 1.165) is 19.5 Å². The van der Waals surface area contributed by atoms with Crippen LogP contribution < -0.4 is 11.1 Å². The van der Waals surface area contributed by atoms with E-state index in [2.05, 4.69) is 26.1 Å². The summed E-state index contributed by atoms with van der Waals surface area (Å²) in [7, 11) is 0. The van der Waals surface area contributed by atoms with E-state index in [1.807, 2.05) is 0 Å². The van der Waals surface area contributed by atoms with Gasteiger partial charge >= 0.3 is 0 Å². The Hall–Kier alpha value is -0.0800. The number of hydrogen-bond donors (Lipinski definition) is 2. The third-order valence-corrected chi connectivity index (χ3v) is 1.88. The second kappa shape index (κ2) is 6.44. The molecule has 2 nitrogen and oxygen atoms in total. The zero-order valence-corrected chi connectivity index (χ0v) is 8.82. The Kier molecular flexibility index (Phi) is 6.39. The minimum absolute atomic E-state index is 0.00639. The maximum atomic E-state index is 5.85. The van der Waals surface area contributed by atoms with Gasteiger partial charge in [-0.25, -0.2) is 0 Å². The predicted octanol–water partition coefficient (Wildman–Crippen LogP) is 1.89. The molecule has 0 amide bonds. The van der Waals surface area contributed by atoms with Crippen LogP contribution in [0.25, 0.3) is 0 Å². The summed E-state index contributed by atoms with van der Waals surface area (Å²) in [6.45, 7) is 8.64. The molecule has 0 aliphatic rings. The first-order chi connectivity index (χ1) is 5.56. The molecule has 3 N–H and O–H groups in total. The number of hydrogen-bond acceptors (Lipinski definition) is 2. The van der Waals surface area contributed by atoms with E-state index in [9.17, 15) is 0 Å². The minimum Gasteiger partial charge on any atom is -0.326 e. The Balaban J connectivity index is 3.01. The number of rotatable bonds is 7. The third kappa shape index (κ3) is 9.92. The summed E-state index contributed by atoms with van der Waals surface area (Å²) in [6, 6.07) is 0. The molecule has 0 fully saturated rings. The van der Waals surface area contributed by atoms with Crippen LogP contribution in [0.15, 0.2) is 0 Å². The van der Waals surface area contributed by atoms with Gasteiger partial charge in [0.25, 0.3) is 0 Å². The quantitative estimate of drug-likeness (QED) is 0.576. The Bertz CT molecular complexity index is 94.5. The normalized spacial score (nSPS) is 12.0. The van der Waals surface area contributed by atoms with E-state index in [1.54, 1.807) is 0 Å². The lowest BCUT2D eigenvalue weighted by molar-refractivity contribution is 0.447. The van der Waals surface area contributed by atoms with Gasteiger partial charge in [0.2, 0.25) is 0 Å². The molecule has 0 heterocycles. The van der Waals surface area contributed by atoms with Crippen molar-refractivity contribution in [3.05, 3.63) is 0 Å². The minimum atomic E-state index is 0.00639. The van der Waals surface area contributed by atoms with Crippen LogP contribution in [0.4, 0.5) is 0 Å². The van der Waals surface area contributed by atoms with Crippen LogP contribution in [0.1, 0.15) is 46.5 Å². The summed E-state index contributed by atoms with van der Waals surface area (Å²) in [5, 5.41) is 3.40. The summed E-state index contributed by atoms with van der Waals surface area (Å²) in [6.07, 6.45) is 4.85. The van der Waals surface area contributed by atoms with E-state index < -0.39 is 0 Å². The third-order valence-electron chi connectivity index (χ3n) is 1.88. The van der Waals surface area contributed by atoms with Gasteiger partial charge in [0.15, 0.2) is 0 Å². The maximum absolute atomic E-state index is 5.85. The van der Waals surface area contributed by atoms with Gasteiger partial charge in [-0.05, 0) is 46.2 Å². The average Bonchev–Trinajstić information content (AvgIpc) is 1.94. The number of nitrogens with one attached hydrogen (secondary N) is 1. The number of unbranched alkanes of at least 4 members (excludes halogenated alkanes) is 1. The molecule has 2 heteroatoms. The van der Waals surface area contributed by atoms with E-state index in [0.29, 0.717) is 0 Å². The molecular formula is C10H24N2. The van der Waals surface area contributed by atoms with Gasteiger partial charge in [0.1, 0.15) is 0 Å². The average molecular weight is 172 g/mol. The summed E-state index contributed by atoms with van der Waals surface area (Å²) in [5.41, 5.74) is 5.85. The fourth-order valence-electron chi connectivity index (χ4n) is 1.10. The highest BCUT2D eigenvalue weighted by molar-refractivity contribution is 4.71. The Morgan fingerprint density at radius 1 is 1.17 bits per heavy atom. The van der Waals surface area contributed by atoms with Crippen LogP contribution in [-0.2, 0) is 0 Å². The van der Waals surface area contributed by atoms with Crippen LogP contribution in [0.5, 0.6) is 0 Å². The zero-order chi connectivity index (χ0) is 9.45. The van der Waals surface area contributed by atoms with E-state index >= 15 is 0 Å². The first-order valence-electron chi connectivity index (χ1n) is 5.06. The Morgan fingerprint density at radius 2 is 1.75 bits per heavy atom. The van der Waals surface area contributed by atoms with Crippen molar-refractivity contribution in [2.24, 2.45) is 5.73 Å². The highest BCUT2D eigenvalue weighted by Crippen LogP contribution is 2.05. The zero-order valence-electron chi connectivity index (χ0n) is 8.82. The van der Waals surface area contributed by atoms with E-state index in [4.69, 9.17) is 5.73 Å². The molecule has 0 saturated heterocycles. The van der Waals surface area contributed by atoms with Crippen molar-refractivity contribution in [2.45, 2.75) is 52.0 Å². The molecule has 0 unspecified atom stereocenters. The smallest absolute Gasteiger partial charge is 0.00975 e. The topological polar surface area (TPSA) is 38.0 Å². The molecule has 74 valence electrons. The van der Waals surface area contributed by atoms with Crippen LogP contribution >= 0.6 is 0 Å². The van der Waals surface area contributed by atoms with Crippen molar-refractivity contribution in [2.75, 3.05) is 13.1 Å². The lowest BCUT2D eigenvalue weighted by Crippen LogP contribution is -2.32. The predicted molar refractivity (Wildman–Crippen MR) is 55.3 cm³/mol. The van der Waals surface area contributed by atoms with E-state index in [1.165, 1.54) is 19.3 Å². The van der Waals surface area contributed by atoms with Crippen molar-refractivity contribution >= 4 is 0 Å². The van der Waals surface area contributed by atoms with Crippen molar-refractivity contribution < 1.29 is 0 Å². The molecular weight excluding hydrogens is 148 g/mol. The van der Waals surface area contributed by atoms with Gasteiger partial charge in [0.05, 0.1) is 0 Å². The summed E-state index contributed by atoms with van der Waals surface area (Å²) in [5.74, 6) is 0. The van der Waals surface area contributed by atoms with Crippen molar-refractivity contribution in [1.82, 2.24) is 5.32 Å². The van der Waals surface area contributed by atoms with Gasteiger partial charge < -0.3 is 11.1 Å². The van der Waals surface area contributed by atoms with Gasteiger partial charge in [0, 0.05) is 5.54 Å². The second-order valence-electron chi connectivity index (χ2n) is 4.20. The standard InChI is InChI=1S/C10H24N2/c1-4-5-8-12-9-6-7-10(2,3)11/h12H,4-9,11H2,1-3H3. The molecule has 0 aliphatic carbocycles. The van der Waals surface area contributed by atoms with Gasteiger partial charge in [-0.15, -0.1) is 0 Å². The molecule has 0 bridgehead atoms. The summed E-state index contributed by atoms with van der Waals surface area (Å²) in [4.78, 5) is 0. The first kappa shape index (κ1) is 11.9. The molecule has 0 aromatic heterocycles. The van der Waals surface area contributed by atoms with Gasteiger partial charge in [-0.1, -0.05) is 13.3 Å². The fourth-order valence-corrected chi connectivity index (χ4v) is 1.10. The Morgan fingerprint density at radius 3 is 2.25 bits per heavy atom. The molecule has 0 radical (unpaired) electrons.